The van der Waals surface area contributed by atoms with Gasteiger partial charge >= 0.3 is 0 Å². The molecule has 0 rings (SSSR count). The Morgan fingerprint density at radius 3 is 2.00 bits per heavy atom. The summed E-state index contributed by atoms with van der Waals surface area (Å²) in [6.07, 6.45) is 6.93. The van der Waals surface area contributed by atoms with Gasteiger partial charge in [0.2, 0.25) is 17.7 Å². The van der Waals surface area contributed by atoms with Crippen molar-refractivity contribution in [3.8, 4) is 0 Å². The lowest BCUT2D eigenvalue weighted by Gasteiger charge is -2.03. The van der Waals surface area contributed by atoms with Crippen LogP contribution in [0.2, 0.25) is 0 Å². The van der Waals surface area contributed by atoms with Crippen molar-refractivity contribution in [2.75, 3.05) is 0 Å². The standard InChI is InChI=1S/C13H24N2O3/c1-2-3-4-5-6-7-8-12(17)15-13(18)10-9-11(14)16/h2-10H2,1H3,(H2,14,16)(H,15,17,18). The summed E-state index contributed by atoms with van der Waals surface area (Å²) in [6.45, 7) is 2.16. The molecule has 0 saturated heterocycles. The zero-order valence-corrected chi connectivity index (χ0v) is 11.2. The molecule has 0 heterocycles. The second kappa shape index (κ2) is 10.7. The van der Waals surface area contributed by atoms with Crippen molar-refractivity contribution in [3.63, 3.8) is 0 Å². The normalized spacial score (nSPS) is 10.1. The fourth-order valence-corrected chi connectivity index (χ4v) is 1.58. The maximum atomic E-state index is 11.3. The Bertz CT molecular complexity index is 277. The van der Waals surface area contributed by atoms with Crippen LogP contribution in [0, 0.1) is 0 Å². The molecule has 0 radical (unpaired) electrons. The largest absolute Gasteiger partial charge is 0.370 e. The first-order valence-electron chi connectivity index (χ1n) is 6.67. The minimum absolute atomic E-state index is 0.0163. The molecule has 0 atom stereocenters. The molecule has 5 nitrogen and oxygen atoms in total. The average Bonchev–Trinajstić information content (AvgIpc) is 2.31. The van der Waals surface area contributed by atoms with Crippen LogP contribution in [-0.4, -0.2) is 17.7 Å². The number of hydrogen-bond acceptors (Lipinski definition) is 3. The van der Waals surface area contributed by atoms with Crippen LogP contribution in [-0.2, 0) is 14.4 Å². The predicted octanol–water partition coefficient (Wildman–Crippen LogP) is 1.65. The number of primary amides is 1. The summed E-state index contributed by atoms with van der Waals surface area (Å²) in [5.74, 6) is -1.22. The van der Waals surface area contributed by atoms with E-state index in [1.165, 1.54) is 19.3 Å². The first kappa shape index (κ1) is 16.6. The molecule has 0 aromatic heterocycles. The topological polar surface area (TPSA) is 89.3 Å². The third-order valence-corrected chi connectivity index (χ3v) is 2.63. The third-order valence-electron chi connectivity index (χ3n) is 2.63. The molecule has 3 N–H and O–H groups in total. The number of nitrogens with two attached hydrogens (primary N) is 1. The van der Waals surface area contributed by atoms with Crippen LogP contribution in [0.4, 0.5) is 0 Å². The number of nitrogens with one attached hydrogen (secondary N) is 1. The monoisotopic (exact) mass is 256 g/mol. The van der Waals surface area contributed by atoms with Crippen molar-refractivity contribution in [2.45, 2.75) is 64.7 Å². The Morgan fingerprint density at radius 1 is 0.833 bits per heavy atom. The summed E-state index contributed by atoms with van der Waals surface area (Å²) in [5.41, 5.74) is 4.91. The molecular weight excluding hydrogens is 232 g/mol. The first-order valence-corrected chi connectivity index (χ1v) is 6.67. The Morgan fingerprint density at radius 2 is 1.39 bits per heavy atom. The Kier molecular flexibility index (Phi) is 9.91. The molecule has 0 saturated carbocycles. The number of carbonyl (C=O) groups excluding carboxylic acids is 3. The molecule has 0 aromatic carbocycles. The van der Waals surface area contributed by atoms with E-state index >= 15 is 0 Å². The fourth-order valence-electron chi connectivity index (χ4n) is 1.58. The van der Waals surface area contributed by atoms with Crippen LogP contribution < -0.4 is 11.1 Å². The van der Waals surface area contributed by atoms with Gasteiger partial charge in [0, 0.05) is 19.3 Å². The summed E-state index contributed by atoms with van der Waals surface area (Å²) in [5, 5.41) is 2.25. The van der Waals surface area contributed by atoms with Crippen LogP contribution in [0.3, 0.4) is 0 Å². The molecule has 0 aliphatic rings. The smallest absolute Gasteiger partial charge is 0.227 e. The molecule has 0 aliphatic carbocycles. The molecule has 0 spiro atoms. The molecule has 18 heavy (non-hydrogen) atoms. The van der Waals surface area contributed by atoms with Crippen LogP contribution >= 0.6 is 0 Å². The summed E-state index contributed by atoms with van der Waals surface area (Å²) in [7, 11) is 0. The summed E-state index contributed by atoms with van der Waals surface area (Å²) in [4.78, 5) is 33.0. The highest BCUT2D eigenvalue weighted by atomic mass is 16.2. The van der Waals surface area contributed by atoms with E-state index in [0.717, 1.165) is 19.3 Å². The third kappa shape index (κ3) is 11.1. The Balaban J connectivity index is 3.47. The zero-order chi connectivity index (χ0) is 13.8. The van der Waals surface area contributed by atoms with Crippen molar-refractivity contribution >= 4 is 17.7 Å². The van der Waals surface area contributed by atoms with Gasteiger partial charge in [-0.05, 0) is 6.42 Å². The number of carbonyl (C=O) groups is 3. The minimum atomic E-state index is -0.534. The average molecular weight is 256 g/mol. The maximum Gasteiger partial charge on any atom is 0.227 e. The van der Waals surface area contributed by atoms with Gasteiger partial charge in [0.1, 0.15) is 0 Å². The molecule has 0 aliphatic heterocycles. The highest BCUT2D eigenvalue weighted by Gasteiger charge is 2.08. The van der Waals surface area contributed by atoms with Gasteiger partial charge in [-0.3, -0.25) is 19.7 Å². The highest BCUT2D eigenvalue weighted by molar-refractivity contribution is 5.96. The van der Waals surface area contributed by atoms with E-state index in [0.29, 0.717) is 6.42 Å². The van der Waals surface area contributed by atoms with E-state index in [1.807, 2.05) is 0 Å². The van der Waals surface area contributed by atoms with Gasteiger partial charge in [-0.25, -0.2) is 0 Å². The van der Waals surface area contributed by atoms with Crippen molar-refractivity contribution in [1.82, 2.24) is 5.32 Å². The van der Waals surface area contributed by atoms with Crippen LogP contribution in [0.25, 0.3) is 0 Å². The van der Waals surface area contributed by atoms with Gasteiger partial charge < -0.3 is 5.73 Å². The van der Waals surface area contributed by atoms with Crippen LogP contribution in [0.5, 0.6) is 0 Å². The second-order valence-corrected chi connectivity index (χ2v) is 4.46. The molecule has 5 heteroatoms. The number of rotatable bonds is 10. The molecular formula is C13H24N2O3. The zero-order valence-electron chi connectivity index (χ0n) is 11.2. The summed E-state index contributed by atoms with van der Waals surface area (Å²) >= 11 is 0. The first-order chi connectivity index (χ1) is 8.56. The predicted molar refractivity (Wildman–Crippen MR) is 69.6 cm³/mol. The SMILES string of the molecule is CCCCCCCCC(=O)NC(=O)CCC(N)=O. The maximum absolute atomic E-state index is 11.3. The van der Waals surface area contributed by atoms with Gasteiger partial charge in [0.25, 0.3) is 0 Å². The minimum Gasteiger partial charge on any atom is -0.370 e. The van der Waals surface area contributed by atoms with Crippen molar-refractivity contribution < 1.29 is 14.4 Å². The number of imide groups is 1. The Hall–Kier alpha value is -1.39. The van der Waals surface area contributed by atoms with Crippen LogP contribution in [0.1, 0.15) is 64.7 Å². The van der Waals surface area contributed by atoms with E-state index in [4.69, 9.17) is 5.73 Å². The molecule has 3 amide bonds. The summed E-state index contributed by atoms with van der Waals surface area (Å²) in [6, 6.07) is 0. The lowest BCUT2D eigenvalue weighted by Crippen LogP contribution is -2.30. The van der Waals surface area contributed by atoms with Gasteiger partial charge in [0.15, 0.2) is 0 Å². The number of amides is 3. The molecule has 0 fully saturated rings. The number of unbranched alkanes of at least 4 members (excludes halogenated alkanes) is 5. The molecule has 0 bridgehead atoms. The van der Waals surface area contributed by atoms with E-state index in [-0.39, 0.29) is 18.7 Å². The lowest BCUT2D eigenvalue weighted by atomic mass is 10.1. The molecule has 0 aromatic rings. The van der Waals surface area contributed by atoms with Crippen molar-refractivity contribution in [1.29, 1.82) is 0 Å². The summed E-state index contributed by atoms with van der Waals surface area (Å²) < 4.78 is 0. The molecule has 104 valence electrons. The van der Waals surface area contributed by atoms with Crippen molar-refractivity contribution in [3.05, 3.63) is 0 Å². The van der Waals surface area contributed by atoms with Gasteiger partial charge in [-0.15, -0.1) is 0 Å². The fraction of sp³-hybridized carbons (Fsp3) is 0.769. The van der Waals surface area contributed by atoms with E-state index < -0.39 is 11.8 Å². The highest BCUT2D eigenvalue weighted by Crippen LogP contribution is 2.06. The second-order valence-electron chi connectivity index (χ2n) is 4.46. The van der Waals surface area contributed by atoms with E-state index in [1.54, 1.807) is 0 Å². The van der Waals surface area contributed by atoms with E-state index in [2.05, 4.69) is 12.2 Å². The van der Waals surface area contributed by atoms with Crippen molar-refractivity contribution in [2.24, 2.45) is 5.73 Å². The van der Waals surface area contributed by atoms with Gasteiger partial charge in [-0.2, -0.15) is 0 Å². The lowest BCUT2D eigenvalue weighted by molar-refractivity contribution is -0.131. The Labute approximate surface area is 108 Å². The quantitative estimate of drug-likeness (QED) is 0.582. The number of hydrogen-bond donors (Lipinski definition) is 2. The van der Waals surface area contributed by atoms with Gasteiger partial charge in [-0.1, -0.05) is 39.0 Å². The van der Waals surface area contributed by atoms with Crippen LogP contribution in [0.15, 0.2) is 0 Å². The van der Waals surface area contributed by atoms with E-state index in [9.17, 15) is 14.4 Å². The molecule has 0 unspecified atom stereocenters. The van der Waals surface area contributed by atoms with Gasteiger partial charge in [0.05, 0.1) is 0 Å².